The molecule has 146 valence electrons. The molecule has 0 unspecified atom stereocenters. The molecule has 0 radical (unpaired) electrons. The van der Waals surface area contributed by atoms with E-state index in [1.165, 1.54) is 6.07 Å². The Morgan fingerprint density at radius 2 is 2.00 bits per heavy atom. The summed E-state index contributed by atoms with van der Waals surface area (Å²) < 4.78 is 0. The van der Waals surface area contributed by atoms with Crippen molar-refractivity contribution in [1.29, 1.82) is 0 Å². The molecule has 6 N–H and O–H groups in total. The molecule has 0 bridgehead atoms. The topological polar surface area (TPSA) is 165 Å². The van der Waals surface area contributed by atoms with Crippen LogP contribution in [0.4, 0.5) is 11.4 Å². The van der Waals surface area contributed by atoms with E-state index in [1.54, 1.807) is 24.3 Å². The third-order valence-corrected chi connectivity index (χ3v) is 4.67. The smallest absolute Gasteiger partial charge is 0.293 e. The van der Waals surface area contributed by atoms with Gasteiger partial charge in [0.05, 0.1) is 10.6 Å². The normalized spacial score (nSPS) is 14.0. The van der Waals surface area contributed by atoms with E-state index in [9.17, 15) is 14.9 Å². The predicted octanol–water partition coefficient (Wildman–Crippen LogP) is 2.25. The standard InChI is InChI=1S/C19H17N7O3/c20-19(21)25-24-14-7-4-10-8-12(5-6-13(10)14)22-18(27)15-9-11-2-1-3-16(26(28)29)17(11)23-15/h1-3,5-6,8-9,23H,4,7H2,(H,22,27)(H4,20,21,25)/b24-14-. The molecule has 10 heteroatoms. The lowest BCUT2D eigenvalue weighted by Gasteiger charge is -2.06. The molecule has 29 heavy (non-hydrogen) atoms. The van der Waals surface area contributed by atoms with Crippen LogP contribution in [0.5, 0.6) is 0 Å². The van der Waals surface area contributed by atoms with Crippen molar-refractivity contribution in [1.82, 2.24) is 4.98 Å². The molecule has 10 nitrogen and oxygen atoms in total. The second-order valence-electron chi connectivity index (χ2n) is 6.58. The van der Waals surface area contributed by atoms with Crippen molar-refractivity contribution in [3.8, 4) is 0 Å². The molecular formula is C19H17N7O3. The average molecular weight is 391 g/mol. The first-order valence-electron chi connectivity index (χ1n) is 8.78. The fourth-order valence-electron chi connectivity index (χ4n) is 3.38. The number of H-pyrrole nitrogens is 1. The highest BCUT2D eigenvalue weighted by atomic mass is 16.6. The van der Waals surface area contributed by atoms with E-state index in [0.717, 1.165) is 23.3 Å². The van der Waals surface area contributed by atoms with Gasteiger partial charge in [0.15, 0.2) is 0 Å². The Morgan fingerprint density at radius 1 is 1.17 bits per heavy atom. The van der Waals surface area contributed by atoms with E-state index in [-0.39, 0.29) is 23.2 Å². The summed E-state index contributed by atoms with van der Waals surface area (Å²) in [4.78, 5) is 26.1. The van der Waals surface area contributed by atoms with Crippen LogP contribution in [-0.4, -0.2) is 27.5 Å². The summed E-state index contributed by atoms with van der Waals surface area (Å²) in [6.45, 7) is 0. The van der Waals surface area contributed by atoms with Gasteiger partial charge in [0.25, 0.3) is 11.6 Å². The number of fused-ring (bicyclic) bond motifs is 2. The van der Waals surface area contributed by atoms with Gasteiger partial charge in [0.2, 0.25) is 5.96 Å². The number of nitro groups is 1. The number of anilines is 1. The van der Waals surface area contributed by atoms with Crippen LogP contribution in [0.3, 0.4) is 0 Å². The summed E-state index contributed by atoms with van der Waals surface area (Å²) in [6, 6.07) is 11.8. The highest BCUT2D eigenvalue weighted by Gasteiger charge is 2.20. The summed E-state index contributed by atoms with van der Waals surface area (Å²) in [7, 11) is 0. The number of nitro benzene ring substituents is 1. The van der Waals surface area contributed by atoms with E-state index in [0.29, 0.717) is 23.0 Å². The van der Waals surface area contributed by atoms with E-state index in [2.05, 4.69) is 20.5 Å². The van der Waals surface area contributed by atoms with Crippen LogP contribution in [0.1, 0.15) is 28.0 Å². The van der Waals surface area contributed by atoms with Crippen molar-refractivity contribution < 1.29 is 9.72 Å². The molecule has 0 spiro atoms. The lowest BCUT2D eigenvalue weighted by molar-refractivity contribution is -0.383. The first-order valence-corrected chi connectivity index (χ1v) is 8.78. The lowest BCUT2D eigenvalue weighted by atomic mass is 10.1. The van der Waals surface area contributed by atoms with Crippen molar-refractivity contribution in [2.75, 3.05) is 5.32 Å². The molecule has 0 saturated carbocycles. The van der Waals surface area contributed by atoms with Crippen LogP contribution in [0.2, 0.25) is 0 Å². The van der Waals surface area contributed by atoms with E-state index in [4.69, 9.17) is 11.5 Å². The number of nitrogens with zero attached hydrogens (tertiary/aromatic N) is 3. The molecular weight excluding hydrogens is 374 g/mol. The molecule has 0 saturated heterocycles. The molecule has 0 atom stereocenters. The van der Waals surface area contributed by atoms with Crippen LogP contribution in [0.25, 0.3) is 10.9 Å². The highest BCUT2D eigenvalue weighted by molar-refractivity contribution is 6.08. The zero-order chi connectivity index (χ0) is 20.5. The van der Waals surface area contributed by atoms with Crippen LogP contribution in [0.15, 0.2) is 52.7 Å². The number of aromatic amines is 1. The Bertz CT molecular complexity index is 1210. The fraction of sp³-hybridized carbons (Fsp3) is 0.105. The Labute approximate surface area is 164 Å². The third kappa shape index (κ3) is 3.50. The minimum Gasteiger partial charge on any atom is -0.369 e. The van der Waals surface area contributed by atoms with Crippen molar-refractivity contribution >= 4 is 39.9 Å². The number of hydrogen-bond donors (Lipinski definition) is 4. The number of carbonyl (C=O) groups excluding carboxylic acids is 1. The van der Waals surface area contributed by atoms with Crippen LogP contribution in [0, 0.1) is 10.1 Å². The minimum absolute atomic E-state index is 0.0772. The molecule has 1 amide bonds. The first kappa shape index (κ1) is 18.2. The van der Waals surface area contributed by atoms with Gasteiger partial charge in [-0.25, -0.2) is 0 Å². The quantitative estimate of drug-likeness (QED) is 0.231. The molecule has 1 heterocycles. The Kier molecular flexibility index (Phi) is 4.43. The maximum absolute atomic E-state index is 12.6. The van der Waals surface area contributed by atoms with Gasteiger partial charge in [-0.3, -0.25) is 14.9 Å². The van der Waals surface area contributed by atoms with Crippen molar-refractivity contribution in [3.05, 3.63) is 69.4 Å². The summed E-state index contributed by atoms with van der Waals surface area (Å²) in [5.41, 5.74) is 14.5. The molecule has 1 aliphatic rings. The van der Waals surface area contributed by atoms with E-state index in [1.807, 2.05) is 12.1 Å². The van der Waals surface area contributed by atoms with Crippen molar-refractivity contribution in [2.45, 2.75) is 12.8 Å². The molecule has 2 aromatic carbocycles. The van der Waals surface area contributed by atoms with E-state index >= 15 is 0 Å². The number of nitrogens with two attached hydrogens (primary N) is 2. The Morgan fingerprint density at radius 3 is 2.76 bits per heavy atom. The average Bonchev–Trinajstić information content (AvgIpc) is 3.29. The molecule has 1 aliphatic carbocycles. The van der Waals surface area contributed by atoms with Crippen molar-refractivity contribution in [3.63, 3.8) is 0 Å². The van der Waals surface area contributed by atoms with Crippen molar-refractivity contribution in [2.24, 2.45) is 21.7 Å². The first-order chi connectivity index (χ1) is 13.9. The van der Waals surface area contributed by atoms with Gasteiger partial charge in [0, 0.05) is 22.7 Å². The number of amides is 1. The van der Waals surface area contributed by atoms with Gasteiger partial charge >= 0.3 is 0 Å². The zero-order valence-electron chi connectivity index (χ0n) is 15.2. The summed E-state index contributed by atoms with van der Waals surface area (Å²) in [5.74, 6) is -0.490. The number of non-ortho nitro benzene ring substituents is 1. The van der Waals surface area contributed by atoms with Gasteiger partial charge in [-0.2, -0.15) is 5.10 Å². The second kappa shape index (κ2) is 7.08. The number of para-hydroxylation sites is 1. The van der Waals surface area contributed by atoms with Crippen LogP contribution >= 0.6 is 0 Å². The summed E-state index contributed by atoms with van der Waals surface area (Å²) >= 11 is 0. The number of guanidine groups is 1. The number of carbonyl (C=O) groups is 1. The lowest BCUT2D eigenvalue weighted by Crippen LogP contribution is -2.22. The predicted molar refractivity (Wildman–Crippen MR) is 110 cm³/mol. The fourth-order valence-corrected chi connectivity index (χ4v) is 3.38. The van der Waals surface area contributed by atoms with Gasteiger partial charge in [-0.05, 0) is 36.6 Å². The van der Waals surface area contributed by atoms with Gasteiger partial charge in [0.1, 0.15) is 11.2 Å². The second-order valence-corrected chi connectivity index (χ2v) is 6.58. The monoisotopic (exact) mass is 391 g/mol. The third-order valence-electron chi connectivity index (χ3n) is 4.67. The van der Waals surface area contributed by atoms with E-state index < -0.39 is 4.92 Å². The maximum Gasteiger partial charge on any atom is 0.293 e. The van der Waals surface area contributed by atoms with Crippen LogP contribution in [-0.2, 0) is 6.42 Å². The molecule has 0 fully saturated rings. The number of rotatable bonds is 4. The van der Waals surface area contributed by atoms with Gasteiger partial charge in [-0.1, -0.05) is 18.2 Å². The van der Waals surface area contributed by atoms with Crippen LogP contribution < -0.4 is 16.8 Å². The Balaban J connectivity index is 1.58. The summed E-state index contributed by atoms with van der Waals surface area (Å²) in [5, 5.41) is 22.3. The maximum atomic E-state index is 12.6. The minimum atomic E-state index is -0.484. The molecule has 3 aromatic rings. The number of aryl methyl sites for hydroxylation is 1. The summed E-state index contributed by atoms with van der Waals surface area (Å²) in [6.07, 6.45) is 1.46. The zero-order valence-corrected chi connectivity index (χ0v) is 15.2. The molecule has 4 rings (SSSR count). The van der Waals surface area contributed by atoms with Gasteiger partial charge < -0.3 is 21.8 Å². The Hall–Kier alpha value is -4.21. The number of nitrogens with one attached hydrogen (secondary N) is 2. The highest BCUT2D eigenvalue weighted by Crippen LogP contribution is 2.28. The largest absolute Gasteiger partial charge is 0.369 e. The number of benzene rings is 2. The molecule has 1 aromatic heterocycles. The SMILES string of the molecule is NC(N)=N/N=C1/CCc2cc(NC(=O)c3cc4cccc([N+](=O)[O-])c4[nH]3)ccc21. The molecule has 0 aliphatic heterocycles. The number of aromatic nitrogens is 1. The number of hydrogen-bond acceptors (Lipinski definition) is 5. The van der Waals surface area contributed by atoms with Gasteiger partial charge in [-0.15, -0.1) is 5.10 Å².